The summed E-state index contributed by atoms with van der Waals surface area (Å²) in [6, 6.07) is 0.601. The molecular weight excluding hydrogens is 202 g/mol. The van der Waals surface area contributed by atoms with Crippen molar-refractivity contribution in [3.05, 3.63) is 17.0 Å². The minimum atomic E-state index is 0.601. The molecule has 1 unspecified atom stereocenters. The summed E-state index contributed by atoms with van der Waals surface area (Å²) in [4.78, 5) is 2.34. The number of likely N-dealkylation sites (N-methyl/N-ethyl adjacent to an activating group) is 1. The molecule has 3 heterocycles. The van der Waals surface area contributed by atoms with Crippen molar-refractivity contribution >= 4 is 0 Å². The minimum absolute atomic E-state index is 0.601. The van der Waals surface area contributed by atoms with Crippen LogP contribution in [-0.2, 0) is 19.4 Å². The zero-order valence-corrected chi connectivity index (χ0v) is 9.83. The standard InChI is InChI=1S/C12H19N3O/c1-15-6-4-11-10(8-15)12(16-14-11)7-9-3-2-5-13-9/h9,13H,2-8H2,1H3. The topological polar surface area (TPSA) is 41.3 Å². The first-order valence-corrected chi connectivity index (χ1v) is 6.21. The third-order valence-corrected chi connectivity index (χ3v) is 3.70. The van der Waals surface area contributed by atoms with Crippen LogP contribution >= 0.6 is 0 Å². The van der Waals surface area contributed by atoms with Gasteiger partial charge in [0.2, 0.25) is 0 Å². The first-order valence-electron chi connectivity index (χ1n) is 6.21. The number of nitrogens with zero attached hydrogens (tertiary/aromatic N) is 2. The van der Waals surface area contributed by atoms with Gasteiger partial charge in [-0.3, -0.25) is 0 Å². The molecule has 0 spiro atoms. The van der Waals surface area contributed by atoms with Gasteiger partial charge in [-0.1, -0.05) is 5.16 Å². The lowest BCUT2D eigenvalue weighted by atomic mass is 10.0. The van der Waals surface area contributed by atoms with Gasteiger partial charge in [0, 0.05) is 37.5 Å². The van der Waals surface area contributed by atoms with Crippen LogP contribution in [0.2, 0.25) is 0 Å². The molecular formula is C12H19N3O. The van der Waals surface area contributed by atoms with Crippen LogP contribution in [0.3, 0.4) is 0 Å². The second-order valence-electron chi connectivity index (χ2n) is 5.02. The molecule has 0 saturated carbocycles. The maximum atomic E-state index is 5.51. The monoisotopic (exact) mass is 221 g/mol. The highest BCUT2D eigenvalue weighted by Crippen LogP contribution is 2.23. The molecule has 3 rings (SSSR count). The third-order valence-electron chi connectivity index (χ3n) is 3.70. The molecule has 2 aliphatic rings. The van der Waals surface area contributed by atoms with Crippen LogP contribution in [0.1, 0.15) is 29.9 Å². The average molecular weight is 221 g/mol. The predicted molar refractivity (Wildman–Crippen MR) is 61.3 cm³/mol. The highest BCUT2D eigenvalue weighted by atomic mass is 16.5. The largest absolute Gasteiger partial charge is 0.361 e. The zero-order valence-electron chi connectivity index (χ0n) is 9.83. The quantitative estimate of drug-likeness (QED) is 0.807. The van der Waals surface area contributed by atoms with E-state index in [1.807, 2.05) is 0 Å². The van der Waals surface area contributed by atoms with Crippen molar-refractivity contribution in [2.24, 2.45) is 0 Å². The molecule has 0 aromatic carbocycles. The molecule has 4 nitrogen and oxygen atoms in total. The SMILES string of the molecule is CN1CCc2noc(CC3CCCN3)c2C1. The molecule has 1 aromatic rings. The summed E-state index contributed by atoms with van der Waals surface area (Å²) in [6.45, 7) is 3.25. The predicted octanol–water partition coefficient (Wildman–Crippen LogP) is 0.957. The molecule has 0 aliphatic carbocycles. The summed E-state index contributed by atoms with van der Waals surface area (Å²) in [5, 5.41) is 7.72. The van der Waals surface area contributed by atoms with E-state index in [0.29, 0.717) is 6.04 Å². The molecule has 0 bridgehead atoms. The Morgan fingerprint density at radius 1 is 1.56 bits per heavy atom. The van der Waals surface area contributed by atoms with Gasteiger partial charge in [0.25, 0.3) is 0 Å². The Balaban J connectivity index is 1.77. The Morgan fingerprint density at radius 2 is 2.50 bits per heavy atom. The smallest absolute Gasteiger partial charge is 0.143 e. The van der Waals surface area contributed by atoms with Gasteiger partial charge < -0.3 is 14.7 Å². The maximum absolute atomic E-state index is 5.51. The van der Waals surface area contributed by atoms with Crippen LogP contribution in [-0.4, -0.2) is 36.2 Å². The van der Waals surface area contributed by atoms with Gasteiger partial charge in [-0.2, -0.15) is 0 Å². The average Bonchev–Trinajstić information content (AvgIpc) is 2.90. The van der Waals surface area contributed by atoms with Gasteiger partial charge in [0.15, 0.2) is 0 Å². The van der Waals surface area contributed by atoms with Gasteiger partial charge in [0.05, 0.1) is 5.69 Å². The fourth-order valence-corrected chi connectivity index (χ4v) is 2.72. The molecule has 1 atom stereocenters. The Kier molecular flexibility index (Phi) is 2.69. The Morgan fingerprint density at radius 3 is 3.31 bits per heavy atom. The summed E-state index contributed by atoms with van der Waals surface area (Å²) < 4.78 is 5.51. The Labute approximate surface area is 96.0 Å². The summed E-state index contributed by atoms with van der Waals surface area (Å²) in [5.41, 5.74) is 2.54. The number of nitrogens with one attached hydrogen (secondary N) is 1. The normalized spacial score (nSPS) is 25.9. The van der Waals surface area contributed by atoms with Crippen molar-refractivity contribution in [3.8, 4) is 0 Å². The number of fused-ring (bicyclic) bond motifs is 1. The fraction of sp³-hybridized carbons (Fsp3) is 0.750. The van der Waals surface area contributed by atoms with Crippen molar-refractivity contribution < 1.29 is 4.52 Å². The summed E-state index contributed by atoms with van der Waals surface area (Å²) >= 11 is 0. The van der Waals surface area contributed by atoms with Gasteiger partial charge in [-0.25, -0.2) is 0 Å². The number of aromatic nitrogens is 1. The van der Waals surface area contributed by atoms with E-state index >= 15 is 0 Å². The van der Waals surface area contributed by atoms with Crippen molar-refractivity contribution in [2.45, 2.75) is 38.3 Å². The van der Waals surface area contributed by atoms with Crippen molar-refractivity contribution in [1.82, 2.24) is 15.4 Å². The highest BCUT2D eigenvalue weighted by molar-refractivity contribution is 5.26. The highest BCUT2D eigenvalue weighted by Gasteiger charge is 2.24. The van der Waals surface area contributed by atoms with E-state index in [1.165, 1.54) is 24.1 Å². The van der Waals surface area contributed by atoms with Crippen LogP contribution in [0.15, 0.2) is 4.52 Å². The molecule has 1 N–H and O–H groups in total. The van der Waals surface area contributed by atoms with E-state index in [4.69, 9.17) is 4.52 Å². The molecule has 1 fully saturated rings. The maximum Gasteiger partial charge on any atom is 0.143 e. The van der Waals surface area contributed by atoms with E-state index in [1.54, 1.807) is 0 Å². The van der Waals surface area contributed by atoms with Gasteiger partial charge >= 0.3 is 0 Å². The van der Waals surface area contributed by atoms with Crippen LogP contribution in [0.4, 0.5) is 0 Å². The van der Waals surface area contributed by atoms with Crippen LogP contribution in [0.25, 0.3) is 0 Å². The summed E-state index contributed by atoms with van der Waals surface area (Å²) in [5.74, 6) is 1.11. The van der Waals surface area contributed by atoms with Crippen LogP contribution < -0.4 is 5.32 Å². The first kappa shape index (κ1) is 10.3. The third kappa shape index (κ3) is 1.87. The summed E-state index contributed by atoms with van der Waals surface area (Å²) in [7, 11) is 2.16. The first-order chi connectivity index (χ1) is 7.83. The van der Waals surface area contributed by atoms with Gasteiger partial charge in [0.1, 0.15) is 5.76 Å². The molecule has 16 heavy (non-hydrogen) atoms. The molecule has 0 amide bonds. The molecule has 1 aromatic heterocycles. The molecule has 88 valence electrons. The van der Waals surface area contributed by atoms with E-state index in [0.717, 1.165) is 38.2 Å². The molecule has 0 radical (unpaired) electrons. The minimum Gasteiger partial charge on any atom is -0.361 e. The number of rotatable bonds is 2. The molecule has 4 heteroatoms. The van der Waals surface area contributed by atoms with E-state index < -0.39 is 0 Å². The molecule has 2 aliphatic heterocycles. The lowest BCUT2D eigenvalue weighted by molar-refractivity contribution is 0.310. The Hall–Kier alpha value is -0.870. The lowest BCUT2D eigenvalue weighted by Crippen LogP contribution is -2.28. The van der Waals surface area contributed by atoms with Gasteiger partial charge in [-0.15, -0.1) is 0 Å². The number of hydrogen-bond acceptors (Lipinski definition) is 4. The Bertz CT molecular complexity index is 368. The van der Waals surface area contributed by atoms with E-state index in [2.05, 4.69) is 22.4 Å². The molecule has 1 saturated heterocycles. The lowest BCUT2D eigenvalue weighted by Gasteiger charge is -2.21. The van der Waals surface area contributed by atoms with E-state index in [9.17, 15) is 0 Å². The van der Waals surface area contributed by atoms with Crippen molar-refractivity contribution in [2.75, 3.05) is 20.1 Å². The zero-order chi connectivity index (χ0) is 11.0. The van der Waals surface area contributed by atoms with Crippen molar-refractivity contribution in [1.29, 1.82) is 0 Å². The number of hydrogen-bond donors (Lipinski definition) is 1. The second-order valence-corrected chi connectivity index (χ2v) is 5.02. The summed E-state index contributed by atoms with van der Waals surface area (Å²) in [6.07, 6.45) is 4.61. The van der Waals surface area contributed by atoms with Crippen LogP contribution in [0, 0.1) is 0 Å². The van der Waals surface area contributed by atoms with Gasteiger partial charge in [-0.05, 0) is 26.4 Å². The van der Waals surface area contributed by atoms with E-state index in [-0.39, 0.29) is 0 Å². The fourth-order valence-electron chi connectivity index (χ4n) is 2.72. The van der Waals surface area contributed by atoms with Crippen LogP contribution in [0.5, 0.6) is 0 Å². The van der Waals surface area contributed by atoms with Crippen molar-refractivity contribution in [3.63, 3.8) is 0 Å². The second kappa shape index (κ2) is 4.18.